The molecule has 1 fully saturated rings. The molecule has 72 valence electrons. The monoisotopic (exact) mass is 212 g/mol. The SMILES string of the molecule is COCCCC1(S(=O)(=O)Cl)CC1. The number of methoxy groups -OCH3 is 1. The lowest BCUT2D eigenvalue weighted by Gasteiger charge is -2.09. The van der Waals surface area contributed by atoms with Crippen molar-refractivity contribution in [2.24, 2.45) is 0 Å². The van der Waals surface area contributed by atoms with Crippen molar-refractivity contribution < 1.29 is 13.2 Å². The summed E-state index contributed by atoms with van der Waals surface area (Å²) in [5.41, 5.74) is 0. The molecule has 12 heavy (non-hydrogen) atoms. The van der Waals surface area contributed by atoms with Crippen LogP contribution < -0.4 is 0 Å². The van der Waals surface area contributed by atoms with Gasteiger partial charge in [-0.1, -0.05) is 0 Å². The van der Waals surface area contributed by atoms with Crippen molar-refractivity contribution in [3.8, 4) is 0 Å². The largest absolute Gasteiger partial charge is 0.385 e. The lowest BCUT2D eigenvalue weighted by atomic mass is 10.2. The van der Waals surface area contributed by atoms with E-state index in [2.05, 4.69) is 0 Å². The van der Waals surface area contributed by atoms with Crippen LogP contribution in [0.2, 0.25) is 0 Å². The summed E-state index contributed by atoms with van der Waals surface area (Å²) in [4.78, 5) is 0. The first kappa shape index (κ1) is 10.3. The molecule has 0 unspecified atom stereocenters. The fraction of sp³-hybridized carbons (Fsp3) is 1.00. The number of rotatable bonds is 5. The third-order valence-corrected chi connectivity index (χ3v) is 4.93. The third-order valence-electron chi connectivity index (χ3n) is 2.31. The van der Waals surface area contributed by atoms with Gasteiger partial charge in [0.15, 0.2) is 0 Å². The molecule has 0 aromatic rings. The molecular formula is C7H13ClO3S. The number of ether oxygens (including phenoxy) is 1. The highest BCUT2D eigenvalue weighted by molar-refractivity contribution is 8.15. The maximum atomic E-state index is 11.0. The van der Waals surface area contributed by atoms with Gasteiger partial charge in [0.2, 0.25) is 9.05 Å². The van der Waals surface area contributed by atoms with Gasteiger partial charge in [-0.3, -0.25) is 0 Å². The predicted molar refractivity (Wildman–Crippen MR) is 47.8 cm³/mol. The van der Waals surface area contributed by atoms with Crippen LogP contribution in [0.4, 0.5) is 0 Å². The smallest absolute Gasteiger partial charge is 0.238 e. The van der Waals surface area contributed by atoms with Crippen molar-refractivity contribution in [2.75, 3.05) is 13.7 Å². The molecule has 0 spiro atoms. The van der Waals surface area contributed by atoms with Crippen molar-refractivity contribution in [3.05, 3.63) is 0 Å². The number of halogens is 1. The summed E-state index contributed by atoms with van der Waals surface area (Å²) in [5.74, 6) is 0. The molecule has 3 nitrogen and oxygen atoms in total. The molecule has 0 amide bonds. The fourth-order valence-electron chi connectivity index (χ4n) is 1.29. The summed E-state index contributed by atoms with van der Waals surface area (Å²) in [6, 6.07) is 0. The Morgan fingerprint density at radius 2 is 2.08 bits per heavy atom. The van der Waals surface area contributed by atoms with Gasteiger partial charge in [-0.2, -0.15) is 0 Å². The Hall–Kier alpha value is 0.200. The fourth-order valence-corrected chi connectivity index (χ4v) is 2.97. The minimum absolute atomic E-state index is 0.604. The molecule has 1 aliphatic carbocycles. The maximum Gasteiger partial charge on any atom is 0.238 e. The molecule has 0 bridgehead atoms. The molecule has 0 radical (unpaired) electrons. The van der Waals surface area contributed by atoms with E-state index in [4.69, 9.17) is 15.4 Å². The summed E-state index contributed by atoms with van der Waals surface area (Å²) in [6.07, 6.45) is 2.82. The van der Waals surface area contributed by atoms with E-state index in [1.165, 1.54) is 0 Å². The van der Waals surface area contributed by atoms with E-state index in [1.54, 1.807) is 7.11 Å². The summed E-state index contributed by atoms with van der Waals surface area (Å²) in [6.45, 7) is 0.605. The molecule has 0 aromatic carbocycles. The van der Waals surface area contributed by atoms with Crippen LogP contribution in [-0.2, 0) is 13.8 Å². The first-order valence-electron chi connectivity index (χ1n) is 3.95. The Balaban J connectivity index is 2.41. The first-order valence-corrected chi connectivity index (χ1v) is 6.26. The van der Waals surface area contributed by atoms with Gasteiger partial charge in [0.1, 0.15) is 0 Å². The third kappa shape index (κ3) is 2.12. The Morgan fingerprint density at radius 1 is 1.50 bits per heavy atom. The molecular weight excluding hydrogens is 200 g/mol. The number of hydrogen-bond acceptors (Lipinski definition) is 3. The van der Waals surface area contributed by atoms with Crippen molar-refractivity contribution in [3.63, 3.8) is 0 Å². The second kappa shape index (κ2) is 3.52. The van der Waals surface area contributed by atoms with Gasteiger partial charge >= 0.3 is 0 Å². The van der Waals surface area contributed by atoms with Crippen LogP contribution in [-0.4, -0.2) is 26.9 Å². The maximum absolute atomic E-state index is 11.0. The highest BCUT2D eigenvalue weighted by atomic mass is 35.7. The zero-order chi connectivity index (χ0) is 9.24. The van der Waals surface area contributed by atoms with Gasteiger partial charge in [-0.05, 0) is 25.7 Å². The first-order chi connectivity index (χ1) is 5.52. The molecule has 0 aromatic heterocycles. The molecule has 0 heterocycles. The summed E-state index contributed by atoms with van der Waals surface area (Å²) in [5, 5.41) is 0. The molecule has 5 heteroatoms. The zero-order valence-corrected chi connectivity index (χ0v) is 8.62. The predicted octanol–water partition coefficient (Wildman–Crippen LogP) is 1.51. The second-order valence-electron chi connectivity index (χ2n) is 3.22. The molecule has 0 N–H and O–H groups in total. The molecule has 0 atom stereocenters. The Bertz CT molecular complexity index is 243. The lowest BCUT2D eigenvalue weighted by Crippen LogP contribution is -2.18. The van der Waals surface area contributed by atoms with Crippen LogP contribution in [0.5, 0.6) is 0 Å². The average molecular weight is 213 g/mol. The van der Waals surface area contributed by atoms with E-state index in [-0.39, 0.29) is 0 Å². The van der Waals surface area contributed by atoms with Crippen molar-refractivity contribution in [2.45, 2.75) is 30.4 Å². The van der Waals surface area contributed by atoms with E-state index < -0.39 is 13.8 Å². The van der Waals surface area contributed by atoms with Gasteiger partial charge in [-0.15, -0.1) is 0 Å². The van der Waals surface area contributed by atoms with E-state index in [0.717, 1.165) is 6.42 Å². The van der Waals surface area contributed by atoms with E-state index in [0.29, 0.717) is 25.9 Å². The minimum Gasteiger partial charge on any atom is -0.385 e. The lowest BCUT2D eigenvalue weighted by molar-refractivity contribution is 0.192. The number of hydrogen-bond donors (Lipinski definition) is 0. The molecule has 0 aliphatic heterocycles. The normalized spacial score (nSPS) is 20.8. The van der Waals surface area contributed by atoms with Crippen LogP contribution in [0.15, 0.2) is 0 Å². The van der Waals surface area contributed by atoms with Gasteiger partial charge in [0.25, 0.3) is 0 Å². The van der Waals surface area contributed by atoms with Crippen LogP contribution in [0.3, 0.4) is 0 Å². The van der Waals surface area contributed by atoms with Crippen molar-refractivity contribution in [1.82, 2.24) is 0 Å². The van der Waals surface area contributed by atoms with Crippen molar-refractivity contribution in [1.29, 1.82) is 0 Å². The average Bonchev–Trinajstić information content (AvgIpc) is 2.67. The van der Waals surface area contributed by atoms with E-state index in [9.17, 15) is 8.42 Å². The van der Waals surface area contributed by atoms with Crippen LogP contribution in [0.1, 0.15) is 25.7 Å². The standard InChI is InChI=1S/C7H13ClO3S/c1-11-6-2-3-7(4-5-7)12(8,9)10/h2-6H2,1H3. The molecule has 1 aliphatic rings. The van der Waals surface area contributed by atoms with E-state index in [1.807, 2.05) is 0 Å². The van der Waals surface area contributed by atoms with Gasteiger partial charge in [0.05, 0.1) is 4.75 Å². The van der Waals surface area contributed by atoms with Crippen LogP contribution in [0.25, 0.3) is 0 Å². The van der Waals surface area contributed by atoms with Gasteiger partial charge in [-0.25, -0.2) is 8.42 Å². The van der Waals surface area contributed by atoms with E-state index >= 15 is 0 Å². The highest BCUT2D eigenvalue weighted by Gasteiger charge is 2.52. The minimum atomic E-state index is -3.36. The summed E-state index contributed by atoms with van der Waals surface area (Å²) >= 11 is 0. The molecule has 0 saturated heterocycles. The Morgan fingerprint density at radius 3 is 2.42 bits per heavy atom. The quantitative estimate of drug-likeness (QED) is 0.513. The summed E-state index contributed by atoms with van der Waals surface area (Å²) in [7, 11) is 3.55. The highest BCUT2D eigenvalue weighted by Crippen LogP contribution is 2.49. The Kier molecular flexibility index (Phi) is 3.01. The van der Waals surface area contributed by atoms with Crippen LogP contribution in [0, 0.1) is 0 Å². The molecule has 1 saturated carbocycles. The zero-order valence-electron chi connectivity index (χ0n) is 7.05. The van der Waals surface area contributed by atoms with Crippen LogP contribution >= 0.6 is 10.7 Å². The van der Waals surface area contributed by atoms with Gasteiger partial charge < -0.3 is 4.74 Å². The van der Waals surface area contributed by atoms with Crippen molar-refractivity contribution >= 4 is 19.7 Å². The Labute approximate surface area is 77.5 Å². The summed E-state index contributed by atoms with van der Waals surface area (Å²) < 4.78 is 26.3. The molecule has 1 rings (SSSR count). The topological polar surface area (TPSA) is 43.4 Å². The second-order valence-corrected chi connectivity index (χ2v) is 6.18. The van der Waals surface area contributed by atoms with Gasteiger partial charge in [0, 0.05) is 24.4 Å².